The van der Waals surface area contributed by atoms with Crippen LogP contribution in [-0.4, -0.2) is 21.8 Å². The van der Waals surface area contributed by atoms with Gasteiger partial charge in [-0.1, -0.05) is 6.07 Å². The average molecular weight is 239 g/mol. The fourth-order valence-electron chi connectivity index (χ4n) is 1.87. The minimum atomic E-state index is -0.424. The maximum absolute atomic E-state index is 12.1. The summed E-state index contributed by atoms with van der Waals surface area (Å²) in [5.41, 5.74) is 1.48. The Labute approximate surface area is 103 Å². The molecule has 2 aromatic heterocycles. The molecule has 0 radical (unpaired) electrons. The molecule has 0 unspecified atom stereocenters. The highest BCUT2D eigenvalue weighted by molar-refractivity contribution is 6.33. The van der Waals surface area contributed by atoms with E-state index in [-0.39, 0.29) is 11.6 Å². The van der Waals surface area contributed by atoms with Crippen molar-refractivity contribution >= 4 is 17.6 Å². The summed E-state index contributed by atoms with van der Waals surface area (Å²) in [4.78, 5) is 33.3. The molecule has 0 saturated carbocycles. The quantitative estimate of drug-likeness (QED) is 0.709. The molecule has 88 valence electrons. The molecule has 0 aliphatic carbocycles. The highest BCUT2D eigenvalue weighted by atomic mass is 16.2. The zero-order valence-electron chi connectivity index (χ0n) is 9.62. The highest BCUT2D eigenvalue weighted by Gasteiger charge is 2.38. The van der Waals surface area contributed by atoms with Gasteiger partial charge in [-0.15, -0.1) is 0 Å². The number of imide groups is 1. The van der Waals surface area contributed by atoms with Gasteiger partial charge in [0.15, 0.2) is 0 Å². The molecule has 0 fully saturated rings. The summed E-state index contributed by atoms with van der Waals surface area (Å²) >= 11 is 0. The minimum Gasteiger partial charge on any atom is -0.268 e. The third kappa shape index (κ3) is 1.41. The van der Waals surface area contributed by atoms with Crippen LogP contribution >= 0.6 is 0 Å². The lowest BCUT2D eigenvalue weighted by atomic mass is 10.2. The van der Waals surface area contributed by atoms with Crippen molar-refractivity contribution in [2.45, 2.75) is 6.92 Å². The number of anilines is 1. The second-order valence-corrected chi connectivity index (χ2v) is 4.04. The first-order valence-electron chi connectivity index (χ1n) is 5.45. The van der Waals surface area contributed by atoms with E-state index in [4.69, 9.17) is 0 Å². The van der Waals surface area contributed by atoms with Crippen LogP contribution in [0.2, 0.25) is 0 Å². The number of carbonyl (C=O) groups excluding carboxylic acids is 2. The van der Waals surface area contributed by atoms with Gasteiger partial charge in [-0.25, -0.2) is 9.88 Å². The molecule has 5 nitrogen and oxygen atoms in total. The van der Waals surface area contributed by atoms with Gasteiger partial charge in [0.25, 0.3) is 11.8 Å². The zero-order valence-corrected chi connectivity index (χ0v) is 9.62. The van der Waals surface area contributed by atoms with E-state index in [0.717, 1.165) is 10.5 Å². The summed E-state index contributed by atoms with van der Waals surface area (Å²) in [7, 11) is 0. The molecular weight excluding hydrogens is 230 g/mol. The van der Waals surface area contributed by atoms with Crippen LogP contribution in [0.15, 0.2) is 36.7 Å². The first kappa shape index (κ1) is 10.6. The number of hydrogen-bond acceptors (Lipinski definition) is 4. The van der Waals surface area contributed by atoms with Crippen molar-refractivity contribution in [2.75, 3.05) is 4.90 Å². The van der Waals surface area contributed by atoms with Crippen LogP contribution in [0.1, 0.15) is 26.4 Å². The number of rotatable bonds is 1. The van der Waals surface area contributed by atoms with Gasteiger partial charge in [0.1, 0.15) is 11.5 Å². The van der Waals surface area contributed by atoms with Crippen LogP contribution in [0.5, 0.6) is 0 Å². The van der Waals surface area contributed by atoms with Crippen LogP contribution in [0.25, 0.3) is 0 Å². The van der Waals surface area contributed by atoms with Gasteiger partial charge in [-0.05, 0) is 30.7 Å². The number of fused-ring (bicyclic) bond motifs is 1. The van der Waals surface area contributed by atoms with Crippen molar-refractivity contribution in [3.8, 4) is 0 Å². The number of aromatic nitrogens is 2. The average Bonchev–Trinajstić information content (AvgIpc) is 2.64. The van der Waals surface area contributed by atoms with Gasteiger partial charge in [-0.3, -0.25) is 14.6 Å². The van der Waals surface area contributed by atoms with Gasteiger partial charge >= 0.3 is 0 Å². The Balaban J connectivity index is 2.09. The van der Waals surface area contributed by atoms with Crippen LogP contribution in [0.4, 0.5) is 5.82 Å². The third-order valence-corrected chi connectivity index (χ3v) is 2.77. The van der Waals surface area contributed by atoms with Crippen molar-refractivity contribution in [3.63, 3.8) is 0 Å². The molecule has 18 heavy (non-hydrogen) atoms. The highest BCUT2D eigenvalue weighted by Crippen LogP contribution is 2.25. The fraction of sp³-hybridized carbons (Fsp3) is 0.0769. The van der Waals surface area contributed by atoms with E-state index in [2.05, 4.69) is 9.97 Å². The van der Waals surface area contributed by atoms with Gasteiger partial charge in [0, 0.05) is 12.4 Å². The Morgan fingerprint density at radius 1 is 1.06 bits per heavy atom. The Morgan fingerprint density at radius 2 is 1.89 bits per heavy atom. The molecule has 0 atom stereocenters. The summed E-state index contributed by atoms with van der Waals surface area (Å²) in [6.07, 6.45) is 3.11. The van der Waals surface area contributed by atoms with Crippen molar-refractivity contribution < 1.29 is 9.59 Å². The summed E-state index contributed by atoms with van der Waals surface area (Å²) in [6, 6.07) is 6.68. The van der Waals surface area contributed by atoms with E-state index < -0.39 is 5.91 Å². The summed E-state index contributed by atoms with van der Waals surface area (Å²) in [5, 5.41) is 0. The Morgan fingerprint density at radius 3 is 2.56 bits per heavy atom. The number of carbonyl (C=O) groups is 2. The summed E-state index contributed by atoms with van der Waals surface area (Å²) < 4.78 is 0. The van der Waals surface area contributed by atoms with Gasteiger partial charge < -0.3 is 0 Å². The second-order valence-electron chi connectivity index (χ2n) is 4.04. The molecule has 1 aliphatic rings. The largest absolute Gasteiger partial charge is 0.285 e. The monoisotopic (exact) mass is 239 g/mol. The predicted molar refractivity (Wildman–Crippen MR) is 64.4 cm³/mol. The fourth-order valence-corrected chi connectivity index (χ4v) is 1.87. The first-order valence-corrected chi connectivity index (χ1v) is 5.45. The lowest BCUT2D eigenvalue weighted by Gasteiger charge is -2.11. The number of nitrogens with zero attached hydrogens (tertiary/aromatic N) is 3. The maximum Gasteiger partial charge on any atom is 0.285 e. The zero-order chi connectivity index (χ0) is 12.7. The van der Waals surface area contributed by atoms with E-state index >= 15 is 0 Å². The molecule has 0 saturated heterocycles. The van der Waals surface area contributed by atoms with E-state index in [1.807, 2.05) is 6.92 Å². The number of aryl methyl sites for hydroxylation is 1. The maximum atomic E-state index is 12.1. The Hall–Kier alpha value is -2.56. The topological polar surface area (TPSA) is 63.2 Å². The number of hydrogen-bond donors (Lipinski definition) is 0. The summed E-state index contributed by atoms with van der Waals surface area (Å²) in [6.45, 7) is 1.89. The smallest absolute Gasteiger partial charge is 0.268 e. The lowest BCUT2D eigenvalue weighted by molar-refractivity contribution is 0.0923. The lowest BCUT2D eigenvalue weighted by Crippen LogP contribution is -2.30. The van der Waals surface area contributed by atoms with Crippen LogP contribution in [-0.2, 0) is 0 Å². The van der Waals surface area contributed by atoms with E-state index in [1.165, 1.54) is 6.20 Å². The molecule has 0 N–H and O–H groups in total. The molecular formula is C13H9N3O2. The van der Waals surface area contributed by atoms with Crippen LogP contribution in [0, 0.1) is 6.92 Å². The molecule has 3 rings (SSSR count). The number of amides is 2. The first-order chi connectivity index (χ1) is 8.68. The van der Waals surface area contributed by atoms with Gasteiger partial charge in [-0.2, -0.15) is 0 Å². The van der Waals surface area contributed by atoms with Crippen molar-refractivity contribution in [2.24, 2.45) is 0 Å². The molecule has 0 aromatic carbocycles. The van der Waals surface area contributed by atoms with Crippen molar-refractivity contribution in [1.29, 1.82) is 0 Å². The van der Waals surface area contributed by atoms with Crippen LogP contribution < -0.4 is 4.90 Å². The normalized spacial score (nSPS) is 13.9. The predicted octanol–water partition coefficient (Wildman–Crippen LogP) is 1.59. The third-order valence-electron chi connectivity index (χ3n) is 2.77. The van der Waals surface area contributed by atoms with Gasteiger partial charge in [0.05, 0.1) is 5.56 Å². The molecule has 5 heteroatoms. The minimum absolute atomic E-state index is 0.185. The van der Waals surface area contributed by atoms with Crippen molar-refractivity contribution in [1.82, 2.24) is 9.97 Å². The Kier molecular flexibility index (Phi) is 2.19. The summed E-state index contributed by atoms with van der Waals surface area (Å²) in [5.74, 6) is -0.472. The molecule has 1 aliphatic heterocycles. The second kappa shape index (κ2) is 3.73. The van der Waals surface area contributed by atoms with Crippen LogP contribution in [0.3, 0.4) is 0 Å². The SMILES string of the molecule is Cc1ccc(N2C(=O)c3cccnc3C2=O)nc1. The van der Waals surface area contributed by atoms with E-state index in [0.29, 0.717) is 11.4 Å². The van der Waals surface area contributed by atoms with Gasteiger partial charge in [0.2, 0.25) is 0 Å². The standard InChI is InChI=1S/C13H9N3O2/c1-8-4-5-10(15-7-8)16-12(17)9-3-2-6-14-11(9)13(16)18/h2-7H,1H3. The molecule has 0 bridgehead atoms. The molecule has 3 heterocycles. The van der Waals surface area contributed by atoms with E-state index in [1.54, 1.807) is 30.5 Å². The number of pyridine rings is 2. The van der Waals surface area contributed by atoms with Crippen molar-refractivity contribution in [3.05, 3.63) is 53.5 Å². The van der Waals surface area contributed by atoms with E-state index in [9.17, 15) is 9.59 Å². The molecule has 0 spiro atoms. The Bertz CT molecular complexity index is 615. The molecule has 2 amide bonds. The molecule has 2 aromatic rings.